The second kappa shape index (κ2) is 6.55. The van der Waals surface area contributed by atoms with Crippen molar-refractivity contribution in [3.8, 4) is 0 Å². The third-order valence-corrected chi connectivity index (χ3v) is 4.31. The lowest BCUT2D eigenvalue weighted by atomic mass is 10.1. The quantitative estimate of drug-likeness (QED) is 0.918. The highest BCUT2D eigenvalue weighted by molar-refractivity contribution is 5.55. The second-order valence-corrected chi connectivity index (χ2v) is 5.66. The zero-order chi connectivity index (χ0) is 14.7. The molecule has 2 rings (SSSR count). The number of aliphatic hydroxyl groups excluding tert-OH is 1. The zero-order valence-electron chi connectivity index (χ0n) is 12.6. The lowest BCUT2D eigenvalue weighted by Gasteiger charge is -2.39. The summed E-state index contributed by atoms with van der Waals surface area (Å²) < 4.78 is 13.4. The Hall–Kier alpha value is -1.13. The Kier molecular flexibility index (Phi) is 5.00. The molecule has 1 aliphatic heterocycles. The molecule has 0 aliphatic carbocycles. The minimum absolute atomic E-state index is 0.289. The minimum Gasteiger partial charge on any atom is -0.389 e. The highest BCUT2D eigenvalue weighted by atomic mass is 19.1. The predicted molar refractivity (Wildman–Crippen MR) is 80.6 cm³/mol. The van der Waals surface area contributed by atoms with Crippen LogP contribution < -0.4 is 4.90 Å². The maximum Gasteiger partial charge on any atom is 0.123 e. The molecule has 3 nitrogen and oxygen atoms in total. The summed E-state index contributed by atoms with van der Waals surface area (Å²) in [5, 5.41) is 9.83. The minimum atomic E-state index is -0.645. The molecular weight excluding hydrogens is 255 g/mol. The SMILES string of the molecule is CCC(C)N1CCN(c2ccc(F)cc2[C@@H](C)O)CC1. The van der Waals surface area contributed by atoms with Gasteiger partial charge in [-0.1, -0.05) is 6.92 Å². The standard InChI is InChI=1S/C16H25FN2O/c1-4-12(2)18-7-9-19(10-8-18)16-6-5-14(17)11-15(16)13(3)20/h5-6,11-13,20H,4,7-10H2,1-3H3/t12?,13-/m1/s1. The second-order valence-electron chi connectivity index (χ2n) is 5.66. The Balaban J connectivity index is 2.11. The van der Waals surface area contributed by atoms with E-state index in [1.54, 1.807) is 13.0 Å². The van der Waals surface area contributed by atoms with E-state index in [9.17, 15) is 9.50 Å². The van der Waals surface area contributed by atoms with Gasteiger partial charge >= 0.3 is 0 Å². The molecule has 0 saturated carbocycles. The molecular formula is C16H25FN2O. The Morgan fingerprint density at radius 1 is 1.20 bits per heavy atom. The maximum absolute atomic E-state index is 13.4. The summed E-state index contributed by atoms with van der Waals surface area (Å²) in [4.78, 5) is 4.74. The van der Waals surface area contributed by atoms with Crippen LogP contribution in [0.15, 0.2) is 18.2 Å². The fraction of sp³-hybridized carbons (Fsp3) is 0.625. The summed E-state index contributed by atoms with van der Waals surface area (Å²) in [7, 11) is 0. The third-order valence-electron chi connectivity index (χ3n) is 4.31. The summed E-state index contributed by atoms with van der Waals surface area (Å²) in [6.45, 7) is 10.0. The fourth-order valence-corrected chi connectivity index (χ4v) is 2.81. The van der Waals surface area contributed by atoms with Gasteiger partial charge in [0.2, 0.25) is 0 Å². The molecule has 4 heteroatoms. The van der Waals surface area contributed by atoms with Gasteiger partial charge in [-0.15, -0.1) is 0 Å². The van der Waals surface area contributed by atoms with Crippen LogP contribution in [-0.4, -0.2) is 42.2 Å². The van der Waals surface area contributed by atoms with E-state index in [4.69, 9.17) is 0 Å². The van der Waals surface area contributed by atoms with Gasteiger partial charge in [0.1, 0.15) is 5.82 Å². The lowest BCUT2D eigenvalue weighted by Crippen LogP contribution is -2.49. The van der Waals surface area contributed by atoms with Crippen molar-refractivity contribution in [2.45, 2.75) is 39.3 Å². The van der Waals surface area contributed by atoms with Crippen molar-refractivity contribution in [2.75, 3.05) is 31.1 Å². The maximum atomic E-state index is 13.4. The smallest absolute Gasteiger partial charge is 0.123 e. The average molecular weight is 280 g/mol. The first-order valence-corrected chi connectivity index (χ1v) is 7.49. The van der Waals surface area contributed by atoms with E-state index < -0.39 is 6.10 Å². The molecule has 0 spiro atoms. The van der Waals surface area contributed by atoms with Gasteiger partial charge in [0.25, 0.3) is 0 Å². The van der Waals surface area contributed by atoms with E-state index in [0.29, 0.717) is 11.6 Å². The molecule has 0 bridgehead atoms. The van der Waals surface area contributed by atoms with E-state index in [0.717, 1.165) is 38.3 Å². The number of nitrogens with zero attached hydrogens (tertiary/aromatic N) is 2. The summed E-state index contributed by atoms with van der Waals surface area (Å²) in [5.41, 5.74) is 1.65. The third kappa shape index (κ3) is 3.30. The molecule has 1 saturated heterocycles. The highest BCUT2D eigenvalue weighted by Gasteiger charge is 2.22. The lowest BCUT2D eigenvalue weighted by molar-refractivity contribution is 0.188. The van der Waals surface area contributed by atoms with Crippen molar-refractivity contribution in [1.29, 1.82) is 0 Å². The van der Waals surface area contributed by atoms with Gasteiger partial charge in [0.15, 0.2) is 0 Å². The van der Waals surface area contributed by atoms with Gasteiger partial charge in [-0.05, 0) is 38.5 Å². The van der Waals surface area contributed by atoms with Crippen LogP contribution in [0.3, 0.4) is 0 Å². The first-order chi connectivity index (χ1) is 9.52. The van der Waals surface area contributed by atoms with Crippen LogP contribution in [-0.2, 0) is 0 Å². The summed E-state index contributed by atoms with van der Waals surface area (Å²) >= 11 is 0. The Morgan fingerprint density at radius 3 is 2.40 bits per heavy atom. The van der Waals surface area contributed by atoms with Gasteiger partial charge in [0, 0.05) is 43.5 Å². The summed E-state index contributed by atoms with van der Waals surface area (Å²) in [6.07, 6.45) is 0.517. The monoisotopic (exact) mass is 280 g/mol. The van der Waals surface area contributed by atoms with Crippen LogP contribution in [0.25, 0.3) is 0 Å². The topological polar surface area (TPSA) is 26.7 Å². The molecule has 0 radical (unpaired) electrons. The number of aliphatic hydroxyl groups is 1. The molecule has 20 heavy (non-hydrogen) atoms. The number of hydrogen-bond donors (Lipinski definition) is 1. The molecule has 1 aromatic carbocycles. The Bertz CT molecular complexity index is 442. The Morgan fingerprint density at radius 2 is 1.85 bits per heavy atom. The zero-order valence-corrected chi connectivity index (χ0v) is 12.6. The average Bonchev–Trinajstić information content (AvgIpc) is 2.46. The first kappa shape index (κ1) is 15.3. The molecule has 1 N–H and O–H groups in total. The van der Waals surface area contributed by atoms with Crippen molar-refractivity contribution in [1.82, 2.24) is 4.90 Å². The molecule has 1 aliphatic rings. The van der Waals surface area contributed by atoms with Gasteiger partial charge in [-0.25, -0.2) is 4.39 Å². The molecule has 1 fully saturated rings. The molecule has 0 aromatic heterocycles. The van der Waals surface area contributed by atoms with Crippen LogP contribution in [0.2, 0.25) is 0 Å². The number of benzene rings is 1. The number of halogens is 1. The number of rotatable bonds is 4. The molecule has 0 amide bonds. The molecule has 1 unspecified atom stereocenters. The van der Waals surface area contributed by atoms with Crippen molar-refractivity contribution in [2.24, 2.45) is 0 Å². The van der Waals surface area contributed by atoms with E-state index in [2.05, 4.69) is 23.6 Å². The predicted octanol–water partition coefficient (Wildman–Crippen LogP) is 2.80. The molecule has 2 atom stereocenters. The highest BCUT2D eigenvalue weighted by Crippen LogP contribution is 2.28. The summed E-state index contributed by atoms with van der Waals surface area (Å²) in [6, 6.07) is 5.32. The first-order valence-electron chi connectivity index (χ1n) is 7.49. The van der Waals surface area contributed by atoms with Crippen molar-refractivity contribution >= 4 is 5.69 Å². The number of anilines is 1. The summed E-state index contributed by atoms with van der Waals surface area (Å²) in [5.74, 6) is -0.289. The molecule has 1 heterocycles. The number of piperazine rings is 1. The van der Waals surface area contributed by atoms with Crippen molar-refractivity contribution in [3.63, 3.8) is 0 Å². The molecule has 1 aromatic rings. The fourth-order valence-electron chi connectivity index (χ4n) is 2.81. The van der Waals surface area contributed by atoms with Crippen molar-refractivity contribution < 1.29 is 9.50 Å². The normalized spacial score (nSPS) is 19.9. The molecule has 112 valence electrons. The van der Waals surface area contributed by atoms with Crippen LogP contribution in [0.1, 0.15) is 38.9 Å². The van der Waals surface area contributed by atoms with E-state index >= 15 is 0 Å². The number of hydrogen-bond acceptors (Lipinski definition) is 3. The van der Waals surface area contributed by atoms with Gasteiger partial charge in [-0.2, -0.15) is 0 Å². The Labute approximate surface area is 121 Å². The largest absolute Gasteiger partial charge is 0.389 e. The van der Waals surface area contributed by atoms with Crippen LogP contribution >= 0.6 is 0 Å². The van der Waals surface area contributed by atoms with Crippen LogP contribution in [0, 0.1) is 5.82 Å². The van der Waals surface area contributed by atoms with E-state index in [-0.39, 0.29) is 5.82 Å². The van der Waals surface area contributed by atoms with E-state index in [1.807, 2.05) is 0 Å². The van der Waals surface area contributed by atoms with Gasteiger partial charge < -0.3 is 10.0 Å². The van der Waals surface area contributed by atoms with E-state index in [1.165, 1.54) is 12.1 Å². The van der Waals surface area contributed by atoms with Gasteiger partial charge in [0.05, 0.1) is 6.10 Å². The van der Waals surface area contributed by atoms with Gasteiger partial charge in [-0.3, -0.25) is 4.90 Å². The van der Waals surface area contributed by atoms with Crippen molar-refractivity contribution in [3.05, 3.63) is 29.6 Å². The van der Waals surface area contributed by atoms with Crippen LogP contribution in [0.4, 0.5) is 10.1 Å². The van der Waals surface area contributed by atoms with Crippen LogP contribution in [0.5, 0.6) is 0 Å².